The van der Waals surface area contributed by atoms with Crippen LogP contribution in [0.2, 0.25) is 0 Å². The van der Waals surface area contributed by atoms with E-state index < -0.39 is 13.2 Å². The fraction of sp³-hybridized carbons (Fsp3) is 0.304. The second kappa shape index (κ2) is 6.24. The summed E-state index contributed by atoms with van der Waals surface area (Å²) in [6.45, 7) is 3.43. The Bertz CT molecular complexity index is 1310. The maximum Gasteiger partial charge on any atom is 0.227 e. The second-order valence-electron chi connectivity index (χ2n) is 6.99. The lowest BCUT2D eigenvalue weighted by Gasteiger charge is -2.09. The summed E-state index contributed by atoms with van der Waals surface area (Å²) in [6, 6.07) is 10.8. The molecular weight excluding hydrogens is 320 g/mol. The molecule has 132 valence electrons. The molecule has 0 aliphatic carbocycles. The van der Waals surface area contributed by atoms with Crippen molar-refractivity contribution < 1.29 is 15.8 Å². The normalized spacial score (nSPS) is 15.7. The zero-order chi connectivity index (χ0) is 22.7. The molecule has 4 aromatic rings. The van der Waals surface area contributed by atoms with Crippen LogP contribution in [-0.2, 0) is 13.4 Å². The molecule has 0 unspecified atom stereocenters. The standard InChI is InChI=1S/C23H25N2O/c1-14(2)12-17-10-11-25(5)19(13-17)21-15(3)6-9-20-22(21)18-8-7-16(4)24-23(18)26-20/h6-11,13-14H,12H2,1-5H3/q+1/i4D3,12D2. The first-order chi connectivity index (χ1) is 14.4. The number of furan rings is 1. The lowest BCUT2D eigenvalue weighted by molar-refractivity contribution is -0.660. The highest BCUT2D eigenvalue weighted by atomic mass is 16.3. The Hall–Kier alpha value is -2.68. The SMILES string of the molecule is [2H]C([2H])([2H])c1ccc2c(n1)oc1ccc(C)c(-c3cc(C([2H])([2H])C(C)C)cc[n+]3C)c12. The molecule has 3 heteroatoms. The van der Waals surface area contributed by atoms with Crippen LogP contribution in [-0.4, -0.2) is 4.98 Å². The van der Waals surface area contributed by atoms with Crippen LogP contribution in [0.3, 0.4) is 0 Å². The fourth-order valence-corrected chi connectivity index (χ4v) is 3.42. The van der Waals surface area contributed by atoms with E-state index in [0.29, 0.717) is 11.1 Å². The minimum Gasteiger partial charge on any atom is -0.438 e. The molecule has 3 aromatic heterocycles. The molecule has 0 aliphatic rings. The molecule has 0 aliphatic heterocycles. The van der Waals surface area contributed by atoms with Gasteiger partial charge in [-0.05, 0) is 55.4 Å². The molecule has 0 amide bonds. The lowest BCUT2D eigenvalue weighted by atomic mass is 9.96. The number of aryl methyl sites for hydroxylation is 3. The Morgan fingerprint density at radius 2 is 2.08 bits per heavy atom. The van der Waals surface area contributed by atoms with Crippen LogP contribution in [0.1, 0.15) is 37.5 Å². The first-order valence-electron chi connectivity index (χ1n) is 11.2. The van der Waals surface area contributed by atoms with E-state index in [1.54, 1.807) is 6.07 Å². The third kappa shape index (κ3) is 2.78. The molecule has 0 saturated carbocycles. The molecule has 0 fully saturated rings. The van der Waals surface area contributed by atoms with Crippen molar-refractivity contribution in [3.8, 4) is 11.3 Å². The Balaban J connectivity index is 2.03. The minimum absolute atomic E-state index is 0.00462. The molecule has 0 spiro atoms. The number of hydrogen-bond donors (Lipinski definition) is 0. The topological polar surface area (TPSA) is 29.9 Å². The number of fused-ring (bicyclic) bond motifs is 3. The van der Waals surface area contributed by atoms with Gasteiger partial charge in [-0.15, -0.1) is 0 Å². The van der Waals surface area contributed by atoms with Crippen molar-refractivity contribution in [3.05, 3.63) is 59.4 Å². The fourth-order valence-electron chi connectivity index (χ4n) is 3.42. The number of nitrogens with zero attached hydrogens (tertiary/aromatic N) is 2. The van der Waals surface area contributed by atoms with Crippen molar-refractivity contribution in [1.29, 1.82) is 0 Å². The average molecular weight is 350 g/mol. The monoisotopic (exact) mass is 350 g/mol. The molecule has 3 nitrogen and oxygen atoms in total. The zero-order valence-electron chi connectivity index (χ0n) is 20.4. The number of rotatable bonds is 3. The summed E-state index contributed by atoms with van der Waals surface area (Å²) in [7, 11) is 1.93. The van der Waals surface area contributed by atoms with Gasteiger partial charge in [-0.25, -0.2) is 9.55 Å². The molecule has 4 rings (SSSR count). The van der Waals surface area contributed by atoms with Gasteiger partial charge in [0.15, 0.2) is 6.20 Å². The average Bonchev–Trinajstić information content (AvgIpc) is 3.05. The summed E-state index contributed by atoms with van der Waals surface area (Å²) in [5.41, 5.74) is 4.29. The summed E-state index contributed by atoms with van der Waals surface area (Å²) < 4.78 is 47.8. The van der Waals surface area contributed by atoms with Crippen LogP contribution < -0.4 is 4.57 Å². The van der Waals surface area contributed by atoms with Crippen molar-refractivity contribution in [2.24, 2.45) is 13.0 Å². The highest BCUT2D eigenvalue weighted by Gasteiger charge is 2.21. The summed E-state index contributed by atoms with van der Waals surface area (Å²) in [6.07, 6.45) is 0.399. The van der Waals surface area contributed by atoms with Crippen molar-refractivity contribution in [2.45, 2.75) is 34.0 Å². The van der Waals surface area contributed by atoms with Gasteiger partial charge < -0.3 is 4.42 Å². The largest absolute Gasteiger partial charge is 0.438 e. The van der Waals surface area contributed by atoms with Gasteiger partial charge in [-0.3, -0.25) is 0 Å². The highest BCUT2D eigenvalue weighted by Crippen LogP contribution is 2.37. The van der Waals surface area contributed by atoms with Crippen LogP contribution >= 0.6 is 0 Å². The first-order valence-corrected chi connectivity index (χ1v) is 8.75. The molecular formula is C23H25N2O+. The van der Waals surface area contributed by atoms with Crippen LogP contribution in [0.25, 0.3) is 33.3 Å². The minimum atomic E-state index is -2.31. The van der Waals surface area contributed by atoms with Crippen LogP contribution in [0.4, 0.5) is 0 Å². The Morgan fingerprint density at radius 3 is 2.85 bits per heavy atom. The number of benzene rings is 1. The van der Waals surface area contributed by atoms with Crippen molar-refractivity contribution in [2.75, 3.05) is 0 Å². The van der Waals surface area contributed by atoms with E-state index in [9.17, 15) is 0 Å². The first kappa shape index (κ1) is 11.8. The Kier molecular flexibility index (Phi) is 2.84. The van der Waals surface area contributed by atoms with Gasteiger partial charge in [0.2, 0.25) is 11.4 Å². The number of aromatic nitrogens is 2. The summed E-state index contributed by atoms with van der Waals surface area (Å²) in [5, 5.41) is 1.58. The lowest BCUT2D eigenvalue weighted by Crippen LogP contribution is -2.31. The van der Waals surface area contributed by atoms with Gasteiger partial charge in [0.05, 0.1) is 5.56 Å². The maximum atomic E-state index is 8.53. The number of hydrogen-bond acceptors (Lipinski definition) is 2. The molecule has 0 N–H and O–H groups in total. The summed E-state index contributed by atoms with van der Waals surface area (Å²) in [5.74, 6) is -0.179. The number of pyridine rings is 2. The predicted octanol–water partition coefficient (Wildman–Crippen LogP) is 5.29. The van der Waals surface area contributed by atoms with E-state index >= 15 is 0 Å². The maximum absolute atomic E-state index is 8.53. The van der Waals surface area contributed by atoms with Crippen molar-refractivity contribution in [3.63, 3.8) is 0 Å². The zero-order valence-corrected chi connectivity index (χ0v) is 15.4. The van der Waals surface area contributed by atoms with E-state index in [1.807, 2.05) is 62.8 Å². The van der Waals surface area contributed by atoms with Crippen LogP contribution in [0, 0.1) is 19.7 Å². The van der Waals surface area contributed by atoms with E-state index in [0.717, 1.165) is 27.6 Å². The Labute approximate surface area is 161 Å². The smallest absolute Gasteiger partial charge is 0.227 e. The summed E-state index contributed by atoms with van der Waals surface area (Å²) >= 11 is 0. The van der Waals surface area contributed by atoms with E-state index in [-0.39, 0.29) is 17.3 Å². The third-order valence-electron chi connectivity index (χ3n) is 4.57. The van der Waals surface area contributed by atoms with E-state index in [2.05, 4.69) is 4.98 Å². The molecule has 1 aromatic carbocycles. The van der Waals surface area contributed by atoms with Gasteiger partial charge in [0, 0.05) is 35.5 Å². The molecule has 0 saturated heterocycles. The second-order valence-corrected chi connectivity index (χ2v) is 6.99. The van der Waals surface area contributed by atoms with Gasteiger partial charge >= 0.3 is 0 Å². The molecule has 0 bridgehead atoms. The van der Waals surface area contributed by atoms with Gasteiger partial charge in [0.1, 0.15) is 12.6 Å². The van der Waals surface area contributed by atoms with Gasteiger partial charge in [-0.2, -0.15) is 0 Å². The quantitative estimate of drug-likeness (QED) is 0.470. The van der Waals surface area contributed by atoms with E-state index in [4.69, 9.17) is 11.3 Å². The third-order valence-corrected chi connectivity index (χ3v) is 4.57. The van der Waals surface area contributed by atoms with Crippen LogP contribution in [0.15, 0.2) is 47.0 Å². The Morgan fingerprint density at radius 1 is 1.23 bits per heavy atom. The molecule has 3 heterocycles. The predicted molar refractivity (Wildman–Crippen MR) is 106 cm³/mol. The van der Waals surface area contributed by atoms with Gasteiger partial charge in [0.25, 0.3) is 0 Å². The van der Waals surface area contributed by atoms with Crippen LogP contribution in [0.5, 0.6) is 0 Å². The van der Waals surface area contributed by atoms with Gasteiger partial charge in [-0.1, -0.05) is 19.9 Å². The highest BCUT2D eigenvalue weighted by molar-refractivity contribution is 6.11. The van der Waals surface area contributed by atoms with Crippen molar-refractivity contribution >= 4 is 22.1 Å². The van der Waals surface area contributed by atoms with E-state index in [1.165, 1.54) is 6.07 Å². The van der Waals surface area contributed by atoms with Crippen molar-refractivity contribution in [1.82, 2.24) is 4.98 Å². The summed E-state index contributed by atoms with van der Waals surface area (Å²) in [4.78, 5) is 4.25. The molecule has 0 radical (unpaired) electrons. The molecule has 0 atom stereocenters. The molecule has 26 heavy (non-hydrogen) atoms.